The van der Waals surface area contributed by atoms with Gasteiger partial charge in [-0.15, -0.1) is 0 Å². The average molecular weight is 276 g/mol. The molecule has 0 aromatic carbocycles. The van der Waals surface area contributed by atoms with Gasteiger partial charge in [0.15, 0.2) is 0 Å². The number of carbonyl (C=O) groups is 1. The van der Waals surface area contributed by atoms with Gasteiger partial charge in [-0.25, -0.2) is 19.7 Å². The highest BCUT2D eigenvalue weighted by Gasteiger charge is 2.27. The van der Waals surface area contributed by atoms with Gasteiger partial charge in [-0.2, -0.15) is 0 Å². The Labute approximate surface area is 113 Å². The number of hydrogen-bond acceptors (Lipinski definition) is 6. The molecule has 1 saturated carbocycles. The summed E-state index contributed by atoms with van der Waals surface area (Å²) in [5.41, 5.74) is 6.55. The van der Waals surface area contributed by atoms with Crippen LogP contribution in [0.25, 0.3) is 10.6 Å². The predicted octanol–water partition coefficient (Wildman–Crippen LogP) is 2.24. The minimum absolute atomic E-state index is 0.242. The zero-order valence-corrected chi connectivity index (χ0v) is 11.1. The van der Waals surface area contributed by atoms with Crippen LogP contribution in [0.4, 0.5) is 4.79 Å². The maximum atomic E-state index is 10.7. The molecule has 0 aliphatic heterocycles. The van der Waals surface area contributed by atoms with E-state index in [1.807, 2.05) is 13.0 Å². The molecule has 3 rings (SSSR count). The summed E-state index contributed by atoms with van der Waals surface area (Å²) in [7, 11) is 0. The Morgan fingerprint density at radius 2 is 2.26 bits per heavy atom. The number of nitrogens with zero attached hydrogens (tertiary/aromatic N) is 3. The SMILES string of the molecule is Cc1nc(OC(N)=O)sc1-c1ccnc(C2CC2)n1. The molecule has 98 valence electrons. The first kappa shape index (κ1) is 12.0. The molecule has 6 nitrogen and oxygen atoms in total. The van der Waals surface area contributed by atoms with Crippen LogP contribution >= 0.6 is 11.3 Å². The molecule has 0 saturated heterocycles. The van der Waals surface area contributed by atoms with Gasteiger partial charge in [0, 0.05) is 12.1 Å². The van der Waals surface area contributed by atoms with E-state index in [0.717, 1.165) is 34.9 Å². The van der Waals surface area contributed by atoms with Crippen molar-refractivity contribution in [1.29, 1.82) is 0 Å². The van der Waals surface area contributed by atoms with E-state index in [0.29, 0.717) is 5.92 Å². The van der Waals surface area contributed by atoms with Crippen LogP contribution in [0.1, 0.15) is 30.3 Å². The van der Waals surface area contributed by atoms with Gasteiger partial charge in [-0.1, -0.05) is 11.3 Å². The van der Waals surface area contributed by atoms with E-state index in [-0.39, 0.29) is 5.19 Å². The molecule has 2 aromatic rings. The van der Waals surface area contributed by atoms with Gasteiger partial charge in [-0.05, 0) is 25.8 Å². The lowest BCUT2D eigenvalue weighted by Crippen LogP contribution is -2.15. The van der Waals surface area contributed by atoms with Gasteiger partial charge in [0.05, 0.1) is 16.3 Å². The van der Waals surface area contributed by atoms with Crippen LogP contribution in [-0.4, -0.2) is 21.0 Å². The summed E-state index contributed by atoms with van der Waals surface area (Å²) in [4.78, 5) is 24.6. The first-order valence-electron chi connectivity index (χ1n) is 5.91. The minimum Gasteiger partial charge on any atom is -0.381 e. The summed E-state index contributed by atoms with van der Waals surface area (Å²) < 4.78 is 4.79. The highest BCUT2D eigenvalue weighted by molar-refractivity contribution is 7.17. The fourth-order valence-electron chi connectivity index (χ4n) is 1.78. The second kappa shape index (κ2) is 4.58. The normalized spacial score (nSPS) is 14.4. The maximum absolute atomic E-state index is 10.7. The number of ether oxygens (including phenoxy) is 1. The Morgan fingerprint density at radius 3 is 2.95 bits per heavy atom. The highest BCUT2D eigenvalue weighted by Crippen LogP contribution is 2.39. The van der Waals surface area contributed by atoms with Crippen molar-refractivity contribution in [3.63, 3.8) is 0 Å². The lowest BCUT2D eigenvalue weighted by molar-refractivity contribution is 0.210. The monoisotopic (exact) mass is 276 g/mol. The summed E-state index contributed by atoms with van der Waals surface area (Å²) >= 11 is 1.26. The van der Waals surface area contributed by atoms with Crippen molar-refractivity contribution in [3.8, 4) is 15.8 Å². The number of thiazole rings is 1. The van der Waals surface area contributed by atoms with Gasteiger partial charge >= 0.3 is 6.09 Å². The van der Waals surface area contributed by atoms with Crippen LogP contribution in [0.2, 0.25) is 0 Å². The van der Waals surface area contributed by atoms with E-state index in [1.165, 1.54) is 11.3 Å². The second-order valence-corrected chi connectivity index (χ2v) is 5.35. The fourth-order valence-corrected chi connectivity index (χ4v) is 2.67. The quantitative estimate of drug-likeness (QED) is 0.928. The molecule has 0 atom stereocenters. The fraction of sp³-hybridized carbons (Fsp3) is 0.333. The molecule has 0 unspecified atom stereocenters. The van der Waals surface area contributed by atoms with Crippen LogP contribution in [-0.2, 0) is 0 Å². The maximum Gasteiger partial charge on any atom is 0.411 e. The standard InChI is InChI=1S/C12H12N4O2S/c1-6-9(19-12(15-6)18-11(13)17)8-4-5-14-10(16-8)7-2-3-7/h4-5,7H,2-3H2,1H3,(H2,13,17). The summed E-state index contributed by atoms with van der Waals surface area (Å²) in [5, 5.41) is 0.242. The summed E-state index contributed by atoms with van der Waals surface area (Å²) in [6.07, 6.45) is 3.20. The van der Waals surface area contributed by atoms with Crippen molar-refractivity contribution in [2.24, 2.45) is 5.73 Å². The van der Waals surface area contributed by atoms with Crippen LogP contribution in [0.5, 0.6) is 5.19 Å². The van der Waals surface area contributed by atoms with Crippen LogP contribution in [0.15, 0.2) is 12.3 Å². The highest BCUT2D eigenvalue weighted by atomic mass is 32.1. The minimum atomic E-state index is -0.860. The molecular weight excluding hydrogens is 264 g/mol. The van der Waals surface area contributed by atoms with Crippen molar-refractivity contribution in [3.05, 3.63) is 23.8 Å². The van der Waals surface area contributed by atoms with Gasteiger partial charge in [0.2, 0.25) is 0 Å². The first-order valence-corrected chi connectivity index (χ1v) is 6.73. The molecule has 7 heteroatoms. The van der Waals surface area contributed by atoms with E-state index in [1.54, 1.807) is 6.20 Å². The van der Waals surface area contributed by atoms with Gasteiger partial charge in [-0.3, -0.25) is 0 Å². The third-order valence-electron chi connectivity index (χ3n) is 2.81. The van der Waals surface area contributed by atoms with Gasteiger partial charge in [0.1, 0.15) is 5.82 Å². The Hall–Kier alpha value is -2.02. The average Bonchev–Trinajstić information content (AvgIpc) is 3.14. The zero-order chi connectivity index (χ0) is 13.4. The molecule has 1 fully saturated rings. The number of carbonyl (C=O) groups excluding carboxylic acids is 1. The first-order chi connectivity index (χ1) is 9.13. The molecule has 0 bridgehead atoms. The van der Waals surface area contributed by atoms with E-state index < -0.39 is 6.09 Å². The number of nitrogens with two attached hydrogens (primary N) is 1. The third-order valence-corrected chi connectivity index (χ3v) is 3.87. The molecule has 0 radical (unpaired) electrons. The van der Waals surface area contributed by atoms with Crippen LogP contribution in [0.3, 0.4) is 0 Å². The molecule has 2 aromatic heterocycles. The van der Waals surface area contributed by atoms with Crippen LogP contribution in [0, 0.1) is 6.92 Å². The Morgan fingerprint density at radius 1 is 1.47 bits per heavy atom. The summed E-state index contributed by atoms with van der Waals surface area (Å²) in [5.74, 6) is 1.37. The van der Waals surface area contributed by atoms with Crippen LogP contribution < -0.4 is 10.5 Å². The summed E-state index contributed by atoms with van der Waals surface area (Å²) in [6.45, 7) is 1.85. The number of amides is 1. The number of rotatable bonds is 3. The molecule has 19 heavy (non-hydrogen) atoms. The molecular formula is C12H12N4O2S. The molecule has 1 aliphatic rings. The second-order valence-electron chi connectivity index (χ2n) is 4.39. The van der Waals surface area contributed by atoms with Crippen molar-refractivity contribution in [2.45, 2.75) is 25.7 Å². The molecule has 1 aliphatic carbocycles. The van der Waals surface area contributed by atoms with E-state index in [4.69, 9.17) is 10.5 Å². The largest absolute Gasteiger partial charge is 0.411 e. The Bertz CT molecular complexity index is 636. The number of primary amides is 1. The van der Waals surface area contributed by atoms with Crippen molar-refractivity contribution in [2.75, 3.05) is 0 Å². The molecule has 2 heterocycles. The predicted molar refractivity (Wildman–Crippen MR) is 70.1 cm³/mol. The number of hydrogen-bond donors (Lipinski definition) is 1. The molecule has 0 spiro atoms. The number of aromatic nitrogens is 3. The van der Waals surface area contributed by atoms with E-state index >= 15 is 0 Å². The zero-order valence-electron chi connectivity index (χ0n) is 10.3. The Balaban J connectivity index is 1.94. The van der Waals surface area contributed by atoms with Gasteiger partial charge < -0.3 is 10.5 Å². The third kappa shape index (κ3) is 2.55. The lowest BCUT2D eigenvalue weighted by Gasteiger charge is -2.00. The summed E-state index contributed by atoms with van der Waals surface area (Å²) in [6, 6.07) is 1.83. The Kier molecular flexibility index (Phi) is 2.90. The van der Waals surface area contributed by atoms with Crippen molar-refractivity contribution >= 4 is 17.4 Å². The molecule has 2 N–H and O–H groups in total. The lowest BCUT2D eigenvalue weighted by atomic mass is 10.3. The van der Waals surface area contributed by atoms with E-state index in [9.17, 15) is 4.79 Å². The van der Waals surface area contributed by atoms with Crippen molar-refractivity contribution in [1.82, 2.24) is 15.0 Å². The van der Waals surface area contributed by atoms with Crippen molar-refractivity contribution < 1.29 is 9.53 Å². The van der Waals surface area contributed by atoms with E-state index in [2.05, 4.69) is 15.0 Å². The number of aryl methyl sites for hydroxylation is 1. The van der Waals surface area contributed by atoms with Gasteiger partial charge in [0.25, 0.3) is 5.19 Å². The smallest absolute Gasteiger partial charge is 0.381 e. The topological polar surface area (TPSA) is 91.0 Å². The molecule has 1 amide bonds.